The molecule has 0 amide bonds. The highest BCUT2D eigenvalue weighted by Crippen LogP contribution is 2.44. The first-order chi connectivity index (χ1) is 14.6. The summed E-state index contributed by atoms with van der Waals surface area (Å²) in [5, 5.41) is 60.9. The number of H-pyrrole nitrogens is 1. The molecular weight excluding hydrogens is 419 g/mol. The lowest BCUT2D eigenvalue weighted by molar-refractivity contribution is -0.428. The third kappa shape index (κ3) is 4.41. The van der Waals surface area contributed by atoms with Gasteiger partial charge in [-0.1, -0.05) is 32.6 Å². The zero-order chi connectivity index (χ0) is 23.4. The molecule has 174 valence electrons. The van der Waals surface area contributed by atoms with Crippen LogP contribution in [0, 0.1) is 11.3 Å². The van der Waals surface area contributed by atoms with E-state index in [0.29, 0.717) is 19.0 Å². The molecule has 0 saturated carbocycles. The number of aromatic amines is 1. The zero-order valence-electron chi connectivity index (χ0n) is 16.9. The van der Waals surface area contributed by atoms with Crippen LogP contribution in [0.15, 0.2) is 15.8 Å². The molecule has 13 heteroatoms. The Labute approximate surface area is 176 Å². The van der Waals surface area contributed by atoms with Crippen LogP contribution in [0.4, 0.5) is 4.39 Å². The van der Waals surface area contributed by atoms with Crippen LogP contribution < -0.4 is 11.2 Å². The van der Waals surface area contributed by atoms with Crippen LogP contribution in [0.2, 0.25) is 0 Å². The van der Waals surface area contributed by atoms with Crippen LogP contribution >= 0.6 is 0 Å². The van der Waals surface area contributed by atoms with Gasteiger partial charge in [0.15, 0.2) is 6.30 Å². The lowest BCUT2D eigenvalue weighted by atomic mass is 10.00. The van der Waals surface area contributed by atoms with Crippen molar-refractivity contribution < 1.29 is 34.8 Å². The Hall–Kier alpha value is -2.18. The highest BCUT2D eigenvalue weighted by Gasteiger charge is 2.71. The van der Waals surface area contributed by atoms with Crippen molar-refractivity contribution in [2.45, 2.75) is 75.6 Å². The van der Waals surface area contributed by atoms with E-state index < -0.39 is 53.6 Å². The minimum Gasteiger partial charge on any atom is -0.394 e. The van der Waals surface area contributed by atoms with Gasteiger partial charge < -0.3 is 30.4 Å². The summed E-state index contributed by atoms with van der Waals surface area (Å²) in [7, 11) is 0. The minimum absolute atomic E-state index is 0.128. The molecular formula is C18H27FN4O8. The number of nitrogens with zero attached hydrogens (tertiary/aromatic N) is 3. The summed E-state index contributed by atoms with van der Waals surface area (Å²) in [6.45, 7) is 1.01. The van der Waals surface area contributed by atoms with Gasteiger partial charge in [0.1, 0.15) is 23.8 Å². The number of ether oxygens (including phenoxy) is 1. The smallest absolute Gasteiger partial charge is 0.332 e. The second-order valence-electron chi connectivity index (χ2n) is 7.38. The van der Waals surface area contributed by atoms with Crippen LogP contribution in [0.1, 0.15) is 51.0 Å². The van der Waals surface area contributed by atoms with E-state index in [2.05, 4.69) is 0 Å². The van der Waals surface area contributed by atoms with Gasteiger partial charge in [-0.05, 0) is 12.8 Å². The molecule has 1 aromatic rings. The van der Waals surface area contributed by atoms with Gasteiger partial charge in [0, 0.05) is 6.20 Å². The Morgan fingerprint density at radius 2 is 2.00 bits per heavy atom. The number of rotatable bonds is 10. The van der Waals surface area contributed by atoms with Gasteiger partial charge in [0.05, 0.1) is 6.61 Å². The number of hydroxylamine groups is 2. The zero-order valence-corrected chi connectivity index (χ0v) is 16.9. The van der Waals surface area contributed by atoms with E-state index in [1.807, 2.05) is 6.92 Å². The van der Waals surface area contributed by atoms with Gasteiger partial charge in [-0.3, -0.25) is 9.78 Å². The van der Waals surface area contributed by atoms with E-state index in [0.717, 1.165) is 19.3 Å². The topological polar surface area (TPSA) is 192 Å². The van der Waals surface area contributed by atoms with Crippen molar-refractivity contribution in [2.24, 2.45) is 0 Å². The Kier molecular flexibility index (Phi) is 8.06. The van der Waals surface area contributed by atoms with Gasteiger partial charge >= 0.3 is 11.6 Å². The fourth-order valence-electron chi connectivity index (χ4n) is 3.50. The number of nitrogens with one attached hydrogen (secondary N) is 1. The summed E-state index contributed by atoms with van der Waals surface area (Å²) in [6.07, 6.45) is -2.47. The van der Waals surface area contributed by atoms with Crippen LogP contribution in [-0.4, -0.2) is 71.1 Å². The summed E-state index contributed by atoms with van der Waals surface area (Å²) in [5.41, 5.74) is -6.57. The molecule has 12 nitrogen and oxygen atoms in total. The van der Waals surface area contributed by atoms with Crippen molar-refractivity contribution >= 4 is 0 Å². The Balaban J connectivity index is 2.45. The second-order valence-corrected chi connectivity index (χ2v) is 7.38. The van der Waals surface area contributed by atoms with Gasteiger partial charge in [-0.15, -0.1) is 5.06 Å². The van der Waals surface area contributed by atoms with E-state index in [-0.39, 0.29) is 16.1 Å². The number of alkyl halides is 1. The lowest BCUT2D eigenvalue weighted by Crippen LogP contribution is -2.69. The van der Waals surface area contributed by atoms with E-state index in [4.69, 9.17) is 10.00 Å². The summed E-state index contributed by atoms with van der Waals surface area (Å²) in [4.78, 5) is 25.6. The molecule has 1 aliphatic rings. The number of unbranched alkanes of at least 4 members (excludes halogenated alkanes) is 4. The average Bonchev–Trinajstić information content (AvgIpc) is 2.94. The van der Waals surface area contributed by atoms with Crippen molar-refractivity contribution in [3.05, 3.63) is 32.6 Å². The van der Waals surface area contributed by atoms with Gasteiger partial charge in [0.25, 0.3) is 5.56 Å². The largest absolute Gasteiger partial charge is 0.394 e. The number of hydrogen-bond acceptors (Lipinski definition) is 10. The molecule has 5 atom stereocenters. The summed E-state index contributed by atoms with van der Waals surface area (Å²) in [5.74, 6) is -3.38. The van der Waals surface area contributed by atoms with Crippen molar-refractivity contribution in [1.82, 2.24) is 14.6 Å². The average molecular weight is 446 g/mol. The van der Waals surface area contributed by atoms with Crippen molar-refractivity contribution in [3.8, 4) is 6.07 Å². The predicted octanol–water partition coefficient (Wildman–Crippen LogP) is -1.20. The molecule has 1 aromatic heterocycles. The number of aliphatic hydroxyl groups excluding tert-OH is 2. The number of nitriles is 1. The van der Waals surface area contributed by atoms with E-state index in [9.17, 15) is 39.6 Å². The quantitative estimate of drug-likeness (QED) is 0.110. The molecule has 31 heavy (non-hydrogen) atoms. The molecule has 1 aliphatic heterocycles. The summed E-state index contributed by atoms with van der Waals surface area (Å²) >= 11 is 0. The number of hydrogen-bond donors (Lipinski definition) is 6. The van der Waals surface area contributed by atoms with Crippen LogP contribution in [0.3, 0.4) is 0 Å². The maximum Gasteiger partial charge on any atom is 0.332 e. The summed E-state index contributed by atoms with van der Waals surface area (Å²) < 4.78 is 19.9. The Morgan fingerprint density at radius 3 is 2.58 bits per heavy atom. The minimum atomic E-state index is -3.39. The first kappa shape index (κ1) is 25.1. The first-order valence-corrected chi connectivity index (χ1v) is 9.88. The highest BCUT2D eigenvalue weighted by atomic mass is 19.1. The maximum atomic E-state index is 14.8. The number of aromatic nitrogens is 2. The van der Waals surface area contributed by atoms with Crippen molar-refractivity contribution in [1.29, 1.82) is 5.26 Å². The molecule has 1 unspecified atom stereocenters. The SMILES string of the molecule is CCCCCCCC(F)N(O)[C@@]1(O)[C@H](O)[C@@H](CO)O[C@]1(O)n1cc(C#N)c(=O)[nH]c1=O. The third-order valence-corrected chi connectivity index (χ3v) is 5.29. The van der Waals surface area contributed by atoms with Crippen molar-refractivity contribution in [2.75, 3.05) is 6.61 Å². The molecule has 0 aromatic carbocycles. The molecule has 1 saturated heterocycles. The third-order valence-electron chi connectivity index (χ3n) is 5.29. The first-order valence-electron chi connectivity index (χ1n) is 9.88. The van der Waals surface area contributed by atoms with Crippen LogP contribution in [-0.2, 0) is 10.6 Å². The molecule has 2 rings (SSSR count). The highest BCUT2D eigenvalue weighted by molar-refractivity contribution is 5.22. The van der Waals surface area contributed by atoms with E-state index in [1.165, 1.54) is 6.07 Å². The van der Waals surface area contributed by atoms with Crippen molar-refractivity contribution in [3.63, 3.8) is 0 Å². The maximum absolute atomic E-state index is 14.8. The van der Waals surface area contributed by atoms with Gasteiger partial charge in [-0.2, -0.15) is 5.26 Å². The van der Waals surface area contributed by atoms with Gasteiger partial charge in [-0.25, -0.2) is 13.8 Å². The second kappa shape index (κ2) is 9.96. The Morgan fingerprint density at radius 1 is 1.35 bits per heavy atom. The van der Waals surface area contributed by atoms with E-state index >= 15 is 0 Å². The summed E-state index contributed by atoms with van der Waals surface area (Å²) in [6, 6.07) is 1.45. The number of halogens is 1. The predicted molar refractivity (Wildman–Crippen MR) is 101 cm³/mol. The number of aliphatic hydroxyl groups is 4. The Bertz CT molecular complexity index is 917. The molecule has 0 radical (unpaired) electrons. The fourth-order valence-corrected chi connectivity index (χ4v) is 3.50. The monoisotopic (exact) mass is 446 g/mol. The van der Waals surface area contributed by atoms with Crippen LogP contribution in [0.25, 0.3) is 0 Å². The molecule has 0 spiro atoms. The molecule has 6 N–H and O–H groups in total. The fraction of sp³-hybridized carbons (Fsp3) is 0.722. The molecule has 2 heterocycles. The normalized spacial score (nSPS) is 29.3. The van der Waals surface area contributed by atoms with E-state index in [1.54, 1.807) is 4.98 Å². The van der Waals surface area contributed by atoms with Crippen LogP contribution in [0.5, 0.6) is 0 Å². The molecule has 1 fully saturated rings. The standard InChI is InChI=1S/C18H27FN4O8/c1-2-3-4-5-6-7-13(19)23(30)17(28)14(25)12(10-24)31-18(17,29)22-9-11(8-20)15(26)21-16(22)27/h9,12-14,24-25,28-30H,2-7,10H2,1H3,(H,21,26,27)/t12-,13?,14-,17-,18+/m1/s1. The van der Waals surface area contributed by atoms with Gasteiger partial charge in [0.2, 0.25) is 5.72 Å². The molecule has 0 aliphatic carbocycles. The lowest BCUT2D eigenvalue weighted by Gasteiger charge is -2.43. The molecule has 0 bridgehead atoms.